The Morgan fingerprint density at radius 2 is 1.94 bits per heavy atom. The van der Waals surface area contributed by atoms with Gasteiger partial charge in [0.2, 0.25) is 0 Å². The monoisotopic (exact) mass is 244 g/mol. The van der Waals surface area contributed by atoms with Gasteiger partial charge in [-0.05, 0) is 12.8 Å². The molecular weight excluding hydrogens is 228 g/mol. The molecule has 2 N–H and O–H groups in total. The molecule has 0 rings (SSSR count). The maximum atomic E-state index is 11.0. The van der Waals surface area contributed by atoms with Crippen molar-refractivity contribution < 1.29 is 29.3 Å². The van der Waals surface area contributed by atoms with E-state index >= 15 is 0 Å². The van der Waals surface area contributed by atoms with E-state index in [0.29, 0.717) is 6.42 Å². The largest absolute Gasteiger partial charge is 0.481 e. The lowest BCUT2D eigenvalue weighted by atomic mass is 9.97. The van der Waals surface area contributed by atoms with Gasteiger partial charge >= 0.3 is 17.9 Å². The molecule has 0 fully saturated rings. The van der Waals surface area contributed by atoms with E-state index in [1.54, 1.807) is 6.92 Å². The predicted molar refractivity (Wildman–Crippen MR) is 58.4 cm³/mol. The van der Waals surface area contributed by atoms with Crippen molar-refractivity contribution >= 4 is 17.9 Å². The maximum Gasteiger partial charge on any atom is 0.330 e. The summed E-state index contributed by atoms with van der Waals surface area (Å²) < 4.78 is 4.90. The van der Waals surface area contributed by atoms with Crippen LogP contribution in [0.2, 0.25) is 0 Å². The summed E-state index contributed by atoms with van der Waals surface area (Å²) in [6.45, 7) is 4.95. The second-order valence-electron chi connectivity index (χ2n) is 3.54. The molecule has 0 saturated heterocycles. The molecule has 0 aliphatic rings. The third-order valence-corrected chi connectivity index (χ3v) is 2.22. The first-order valence-corrected chi connectivity index (χ1v) is 5.18. The van der Waals surface area contributed by atoms with Crippen molar-refractivity contribution in [3.05, 3.63) is 12.7 Å². The highest BCUT2D eigenvalue weighted by Crippen LogP contribution is 2.16. The van der Waals surface area contributed by atoms with Gasteiger partial charge in [0.05, 0.1) is 12.3 Å². The minimum atomic E-state index is -1.21. The Kier molecular flexibility index (Phi) is 6.62. The fourth-order valence-corrected chi connectivity index (χ4v) is 1.31. The van der Waals surface area contributed by atoms with Crippen LogP contribution < -0.4 is 0 Å². The first-order chi connectivity index (χ1) is 7.90. The normalized spacial score (nSPS) is 13.5. The highest BCUT2D eigenvalue weighted by Gasteiger charge is 2.25. The Hall–Kier alpha value is -1.85. The molecule has 0 aromatic rings. The van der Waals surface area contributed by atoms with Crippen LogP contribution in [0.1, 0.15) is 26.2 Å². The summed E-state index contributed by atoms with van der Waals surface area (Å²) in [5, 5.41) is 17.4. The molecule has 2 atom stereocenters. The van der Waals surface area contributed by atoms with Crippen LogP contribution in [0.4, 0.5) is 0 Å². The minimum Gasteiger partial charge on any atom is -0.481 e. The summed E-state index contributed by atoms with van der Waals surface area (Å²) in [5.74, 6) is -4.10. The van der Waals surface area contributed by atoms with E-state index in [1.165, 1.54) is 0 Å². The van der Waals surface area contributed by atoms with Gasteiger partial charge in [0, 0.05) is 6.08 Å². The molecule has 6 heteroatoms. The highest BCUT2D eigenvalue weighted by atomic mass is 16.5. The average molecular weight is 244 g/mol. The fraction of sp³-hybridized carbons (Fsp3) is 0.545. The number of carbonyl (C=O) groups excluding carboxylic acids is 1. The second kappa shape index (κ2) is 7.43. The predicted octanol–water partition coefficient (Wildman–Crippen LogP) is 1.06. The van der Waals surface area contributed by atoms with E-state index in [2.05, 4.69) is 6.58 Å². The number of rotatable bonds is 8. The van der Waals surface area contributed by atoms with E-state index in [0.717, 1.165) is 6.08 Å². The Morgan fingerprint density at radius 3 is 2.29 bits per heavy atom. The summed E-state index contributed by atoms with van der Waals surface area (Å²) in [7, 11) is 0. The second-order valence-corrected chi connectivity index (χ2v) is 3.54. The Bertz CT molecular complexity index is 309. The van der Waals surface area contributed by atoms with Gasteiger partial charge in [0.15, 0.2) is 0 Å². The van der Waals surface area contributed by atoms with Crippen molar-refractivity contribution in [3.63, 3.8) is 0 Å². The molecular formula is C11H16O6. The zero-order valence-electron chi connectivity index (χ0n) is 9.59. The van der Waals surface area contributed by atoms with Gasteiger partial charge in [-0.3, -0.25) is 9.59 Å². The SMILES string of the molecule is C=CC(=O)OC(CC)CC(CC(=O)O)C(=O)O. The Labute approximate surface area is 98.9 Å². The molecule has 0 amide bonds. The summed E-state index contributed by atoms with van der Waals surface area (Å²) in [6.07, 6.45) is 0.286. The zero-order valence-corrected chi connectivity index (χ0v) is 9.59. The Morgan fingerprint density at radius 1 is 1.35 bits per heavy atom. The van der Waals surface area contributed by atoms with Gasteiger partial charge in [0.1, 0.15) is 6.10 Å². The van der Waals surface area contributed by atoms with E-state index in [4.69, 9.17) is 14.9 Å². The van der Waals surface area contributed by atoms with Crippen molar-refractivity contribution in [2.45, 2.75) is 32.3 Å². The lowest BCUT2D eigenvalue weighted by Crippen LogP contribution is -2.26. The topological polar surface area (TPSA) is 101 Å². The molecule has 0 aliphatic heterocycles. The van der Waals surface area contributed by atoms with Gasteiger partial charge in [-0.25, -0.2) is 4.79 Å². The number of hydrogen-bond acceptors (Lipinski definition) is 4. The number of esters is 1. The average Bonchev–Trinajstić information content (AvgIpc) is 2.25. The number of aliphatic carboxylic acids is 2. The molecule has 0 radical (unpaired) electrons. The van der Waals surface area contributed by atoms with E-state index in [9.17, 15) is 14.4 Å². The molecule has 0 bridgehead atoms. The fourth-order valence-electron chi connectivity index (χ4n) is 1.31. The molecule has 0 spiro atoms. The number of carbonyl (C=O) groups is 3. The molecule has 0 heterocycles. The van der Waals surface area contributed by atoms with Crippen molar-refractivity contribution in [2.75, 3.05) is 0 Å². The van der Waals surface area contributed by atoms with E-state index < -0.39 is 36.4 Å². The third-order valence-electron chi connectivity index (χ3n) is 2.22. The quantitative estimate of drug-likeness (QED) is 0.489. The van der Waals surface area contributed by atoms with Crippen LogP contribution in [0.5, 0.6) is 0 Å². The van der Waals surface area contributed by atoms with Gasteiger partial charge in [0.25, 0.3) is 0 Å². The van der Waals surface area contributed by atoms with E-state index in [-0.39, 0.29) is 6.42 Å². The van der Waals surface area contributed by atoms with Crippen molar-refractivity contribution in [1.29, 1.82) is 0 Å². The molecule has 0 aliphatic carbocycles. The van der Waals surface area contributed by atoms with Crippen LogP contribution >= 0.6 is 0 Å². The van der Waals surface area contributed by atoms with Crippen LogP contribution in [-0.4, -0.2) is 34.2 Å². The molecule has 2 unspecified atom stereocenters. The molecule has 6 nitrogen and oxygen atoms in total. The highest BCUT2D eigenvalue weighted by molar-refractivity contribution is 5.81. The Balaban J connectivity index is 4.48. The standard InChI is InChI=1S/C11H16O6/c1-3-8(17-10(14)4-2)5-7(11(15)16)6-9(12)13/h4,7-8H,2-3,5-6H2,1H3,(H,12,13)(H,15,16). The molecule has 96 valence electrons. The number of carboxylic acid groups (broad SMARTS) is 2. The van der Waals surface area contributed by atoms with Crippen molar-refractivity contribution in [2.24, 2.45) is 5.92 Å². The smallest absolute Gasteiger partial charge is 0.330 e. The van der Waals surface area contributed by atoms with Crippen molar-refractivity contribution in [1.82, 2.24) is 0 Å². The van der Waals surface area contributed by atoms with Crippen LogP contribution in [0.15, 0.2) is 12.7 Å². The van der Waals surface area contributed by atoms with Crippen LogP contribution in [0, 0.1) is 5.92 Å². The summed E-state index contributed by atoms with van der Waals surface area (Å²) in [5.41, 5.74) is 0. The molecule has 17 heavy (non-hydrogen) atoms. The number of carboxylic acids is 2. The lowest BCUT2D eigenvalue weighted by molar-refractivity contribution is -0.152. The maximum absolute atomic E-state index is 11.0. The van der Waals surface area contributed by atoms with Gasteiger partial charge in [-0.15, -0.1) is 0 Å². The lowest BCUT2D eigenvalue weighted by Gasteiger charge is -2.18. The van der Waals surface area contributed by atoms with Gasteiger partial charge in [-0.2, -0.15) is 0 Å². The minimum absolute atomic E-state index is 0.0162. The van der Waals surface area contributed by atoms with E-state index in [1.807, 2.05) is 0 Å². The first-order valence-electron chi connectivity index (χ1n) is 5.18. The summed E-state index contributed by atoms with van der Waals surface area (Å²) in [6, 6.07) is 0. The third kappa shape index (κ3) is 6.34. The van der Waals surface area contributed by atoms with Crippen LogP contribution in [0.3, 0.4) is 0 Å². The summed E-state index contributed by atoms with van der Waals surface area (Å²) >= 11 is 0. The first kappa shape index (κ1) is 15.2. The zero-order chi connectivity index (χ0) is 13.4. The van der Waals surface area contributed by atoms with Crippen LogP contribution in [0.25, 0.3) is 0 Å². The molecule has 0 aromatic heterocycles. The number of ether oxygens (including phenoxy) is 1. The van der Waals surface area contributed by atoms with Crippen molar-refractivity contribution in [3.8, 4) is 0 Å². The molecule has 0 saturated carbocycles. The summed E-state index contributed by atoms with van der Waals surface area (Å²) in [4.78, 5) is 32.2. The van der Waals surface area contributed by atoms with Gasteiger partial charge in [-0.1, -0.05) is 13.5 Å². The van der Waals surface area contributed by atoms with Crippen LogP contribution in [-0.2, 0) is 19.1 Å². The van der Waals surface area contributed by atoms with Gasteiger partial charge < -0.3 is 14.9 Å². The molecule has 0 aromatic carbocycles. The number of hydrogen-bond donors (Lipinski definition) is 2.